The van der Waals surface area contributed by atoms with Crippen molar-refractivity contribution in [3.8, 4) is 0 Å². The number of rotatable bonds is 6. The van der Waals surface area contributed by atoms with Crippen LogP contribution in [0.5, 0.6) is 0 Å². The molecule has 0 fully saturated rings. The molecule has 0 aliphatic heterocycles. The zero-order chi connectivity index (χ0) is 19.1. The van der Waals surface area contributed by atoms with Crippen molar-refractivity contribution in [3.63, 3.8) is 0 Å². The second-order valence-corrected chi connectivity index (χ2v) is 5.99. The second-order valence-electron chi connectivity index (χ2n) is 5.59. The van der Waals surface area contributed by atoms with E-state index in [9.17, 15) is 14.0 Å². The molecule has 0 bridgehead atoms. The Morgan fingerprint density at radius 3 is 2.54 bits per heavy atom. The molecule has 2 rings (SSSR count). The summed E-state index contributed by atoms with van der Waals surface area (Å²) in [6, 6.07) is 11.6. The zero-order valence-electron chi connectivity index (χ0n) is 14.5. The molecule has 1 unspecified atom stereocenters. The van der Waals surface area contributed by atoms with Crippen molar-refractivity contribution in [2.24, 2.45) is 0 Å². The Labute approximate surface area is 156 Å². The standard InChI is InChI=1S/C20H19ClFNO3/c1-3-14-7-9-15(10-8-14)23-20(25)13(2)26-19(24)12-11-16-17(21)5-4-6-18(16)22/h4-13H,3H2,1-2H3,(H,23,25)/b12-11+. The largest absolute Gasteiger partial charge is 0.449 e. The van der Waals surface area contributed by atoms with Crippen LogP contribution in [0, 0.1) is 5.82 Å². The van der Waals surface area contributed by atoms with Gasteiger partial charge < -0.3 is 10.1 Å². The number of amides is 1. The van der Waals surface area contributed by atoms with Gasteiger partial charge in [-0.3, -0.25) is 4.79 Å². The highest BCUT2D eigenvalue weighted by Gasteiger charge is 2.17. The fourth-order valence-electron chi connectivity index (χ4n) is 2.16. The van der Waals surface area contributed by atoms with Gasteiger partial charge in [0.25, 0.3) is 5.91 Å². The summed E-state index contributed by atoms with van der Waals surface area (Å²) in [6.45, 7) is 3.49. The third-order valence-electron chi connectivity index (χ3n) is 3.68. The number of hydrogen-bond donors (Lipinski definition) is 1. The van der Waals surface area contributed by atoms with Crippen LogP contribution in [-0.2, 0) is 20.7 Å². The van der Waals surface area contributed by atoms with Gasteiger partial charge in [0.15, 0.2) is 6.10 Å². The maximum absolute atomic E-state index is 13.6. The van der Waals surface area contributed by atoms with Crippen LogP contribution in [0.4, 0.5) is 10.1 Å². The molecule has 6 heteroatoms. The smallest absolute Gasteiger partial charge is 0.331 e. The van der Waals surface area contributed by atoms with Crippen LogP contribution in [0.2, 0.25) is 5.02 Å². The first-order valence-corrected chi connectivity index (χ1v) is 8.51. The van der Waals surface area contributed by atoms with E-state index in [4.69, 9.17) is 16.3 Å². The Balaban J connectivity index is 1.93. The van der Waals surface area contributed by atoms with Crippen LogP contribution in [0.15, 0.2) is 48.5 Å². The van der Waals surface area contributed by atoms with Gasteiger partial charge in [0.05, 0.1) is 5.02 Å². The number of aryl methyl sites for hydroxylation is 1. The summed E-state index contributed by atoms with van der Waals surface area (Å²) >= 11 is 5.87. The number of anilines is 1. The van der Waals surface area contributed by atoms with E-state index in [1.165, 1.54) is 31.2 Å². The van der Waals surface area contributed by atoms with Crippen molar-refractivity contribution < 1.29 is 18.7 Å². The minimum Gasteiger partial charge on any atom is -0.449 e. The summed E-state index contributed by atoms with van der Waals surface area (Å²) in [5.41, 5.74) is 1.85. The van der Waals surface area contributed by atoms with Gasteiger partial charge >= 0.3 is 5.97 Å². The third kappa shape index (κ3) is 5.43. The fourth-order valence-corrected chi connectivity index (χ4v) is 2.38. The van der Waals surface area contributed by atoms with E-state index in [1.807, 2.05) is 19.1 Å². The number of halogens is 2. The molecule has 4 nitrogen and oxygen atoms in total. The van der Waals surface area contributed by atoms with E-state index in [0.29, 0.717) is 5.69 Å². The highest BCUT2D eigenvalue weighted by atomic mass is 35.5. The SMILES string of the molecule is CCc1ccc(NC(=O)C(C)OC(=O)/C=C/c2c(F)cccc2Cl)cc1. The molecule has 0 saturated heterocycles. The predicted molar refractivity (Wildman–Crippen MR) is 100 cm³/mol. The Morgan fingerprint density at radius 2 is 1.92 bits per heavy atom. The fraction of sp³-hybridized carbons (Fsp3) is 0.200. The molecule has 0 aliphatic rings. The molecule has 1 N–H and O–H groups in total. The van der Waals surface area contributed by atoms with Crippen molar-refractivity contribution in [1.82, 2.24) is 0 Å². The summed E-state index contributed by atoms with van der Waals surface area (Å²) < 4.78 is 18.7. The van der Waals surface area contributed by atoms with Gasteiger partial charge in [-0.25, -0.2) is 9.18 Å². The van der Waals surface area contributed by atoms with E-state index in [1.54, 1.807) is 12.1 Å². The molecule has 136 valence electrons. The van der Waals surface area contributed by atoms with E-state index < -0.39 is 23.8 Å². The molecule has 0 aliphatic carbocycles. The number of benzene rings is 2. The topological polar surface area (TPSA) is 55.4 Å². The Hall–Kier alpha value is -2.66. The van der Waals surface area contributed by atoms with Crippen LogP contribution in [-0.4, -0.2) is 18.0 Å². The lowest BCUT2D eigenvalue weighted by Gasteiger charge is -2.12. The molecule has 1 amide bonds. The lowest BCUT2D eigenvalue weighted by Crippen LogP contribution is -2.29. The minimum absolute atomic E-state index is 0.0826. The molecular weight excluding hydrogens is 357 g/mol. The van der Waals surface area contributed by atoms with Gasteiger partial charge in [0.2, 0.25) is 0 Å². The van der Waals surface area contributed by atoms with Gasteiger partial charge in [0.1, 0.15) is 5.82 Å². The Bertz CT molecular complexity index is 798. The first-order chi connectivity index (χ1) is 12.4. The van der Waals surface area contributed by atoms with Crippen LogP contribution in [0.25, 0.3) is 6.08 Å². The molecule has 26 heavy (non-hydrogen) atoms. The van der Waals surface area contributed by atoms with E-state index >= 15 is 0 Å². The average molecular weight is 376 g/mol. The van der Waals surface area contributed by atoms with Gasteiger partial charge in [0, 0.05) is 17.3 Å². The van der Waals surface area contributed by atoms with Crippen molar-refractivity contribution >= 4 is 35.2 Å². The maximum Gasteiger partial charge on any atom is 0.331 e. The quantitative estimate of drug-likeness (QED) is 0.591. The molecule has 0 spiro atoms. The van der Waals surface area contributed by atoms with Crippen molar-refractivity contribution in [2.75, 3.05) is 5.32 Å². The number of carbonyl (C=O) groups excluding carboxylic acids is 2. The van der Waals surface area contributed by atoms with E-state index in [0.717, 1.165) is 18.1 Å². The summed E-state index contributed by atoms with van der Waals surface area (Å²) in [6.07, 6.45) is 2.15. The van der Waals surface area contributed by atoms with Crippen molar-refractivity contribution in [1.29, 1.82) is 0 Å². The van der Waals surface area contributed by atoms with Gasteiger partial charge in [-0.1, -0.05) is 36.7 Å². The average Bonchev–Trinajstić information content (AvgIpc) is 2.61. The first kappa shape index (κ1) is 19.7. The van der Waals surface area contributed by atoms with Gasteiger partial charge in [-0.15, -0.1) is 0 Å². The number of nitrogens with one attached hydrogen (secondary N) is 1. The minimum atomic E-state index is -1.01. The molecule has 0 aromatic heterocycles. The predicted octanol–water partition coefficient (Wildman–Crippen LogP) is 4.63. The Morgan fingerprint density at radius 1 is 1.23 bits per heavy atom. The molecule has 0 saturated carbocycles. The van der Waals surface area contributed by atoms with Crippen LogP contribution < -0.4 is 5.32 Å². The molecule has 0 radical (unpaired) electrons. The Kier molecular flexibility index (Phi) is 6.92. The maximum atomic E-state index is 13.6. The summed E-state index contributed by atoms with van der Waals surface area (Å²) in [5, 5.41) is 2.85. The van der Waals surface area contributed by atoms with E-state index in [-0.39, 0.29) is 10.6 Å². The normalized spacial score (nSPS) is 12.0. The number of esters is 1. The van der Waals surface area contributed by atoms with Crippen molar-refractivity contribution in [3.05, 3.63) is 70.5 Å². The molecular formula is C20H19ClFNO3. The van der Waals surface area contributed by atoms with Gasteiger partial charge in [-0.05, 0) is 49.2 Å². The summed E-state index contributed by atoms with van der Waals surface area (Å²) in [7, 11) is 0. The second kappa shape index (κ2) is 9.15. The molecule has 1 atom stereocenters. The summed E-state index contributed by atoms with van der Waals surface area (Å²) in [5.74, 6) is -1.78. The monoisotopic (exact) mass is 375 g/mol. The molecule has 0 heterocycles. The van der Waals surface area contributed by atoms with E-state index in [2.05, 4.69) is 5.32 Å². The number of carbonyl (C=O) groups is 2. The number of ether oxygens (including phenoxy) is 1. The number of hydrogen-bond acceptors (Lipinski definition) is 3. The highest BCUT2D eigenvalue weighted by Crippen LogP contribution is 2.20. The van der Waals surface area contributed by atoms with Crippen LogP contribution >= 0.6 is 11.6 Å². The lowest BCUT2D eigenvalue weighted by molar-refractivity contribution is -0.148. The molecule has 2 aromatic rings. The van der Waals surface area contributed by atoms with Gasteiger partial charge in [-0.2, -0.15) is 0 Å². The molecule has 2 aromatic carbocycles. The van der Waals surface area contributed by atoms with Crippen molar-refractivity contribution in [2.45, 2.75) is 26.4 Å². The lowest BCUT2D eigenvalue weighted by atomic mass is 10.1. The zero-order valence-corrected chi connectivity index (χ0v) is 15.2. The first-order valence-electron chi connectivity index (χ1n) is 8.13. The summed E-state index contributed by atoms with van der Waals surface area (Å²) in [4.78, 5) is 23.9. The highest BCUT2D eigenvalue weighted by molar-refractivity contribution is 6.32. The third-order valence-corrected chi connectivity index (χ3v) is 4.01. The van der Waals surface area contributed by atoms with Crippen LogP contribution in [0.3, 0.4) is 0 Å². The van der Waals surface area contributed by atoms with Crippen LogP contribution in [0.1, 0.15) is 25.0 Å².